The fraction of sp³-hybridized carbons (Fsp3) is 0.125. The zero-order valence-electron chi connectivity index (χ0n) is 13.0. The van der Waals surface area contributed by atoms with Gasteiger partial charge in [0.1, 0.15) is 5.75 Å². The lowest BCUT2D eigenvalue weighted by atomic mass is 10.2. The summed E-state index contributed by atoms with van der Waals surface area (Å²) in [5.41, 5.74) is 3.38. The Morgan fingerprint density at radius 2 is 1.84 bits per heavy atom. The first-order chi connectivity index (χ1) is 11.8. The van der Waals surface area contributed by atoms with Gasteiger partial charge in [0.05, 0.1) is 15.2 Å². The number of aromatic hydroxyl groups is 3. The molecule has 1 amide bonds. The minimum absolute atomic E-state index is 0.126. The number of hydrazone groups is 1. The van der Waals surface area contributed by atoms with Crippen LogP contribution in [0, 0.1) is 6.92 Å². The van der Waals surface area contributed by atoms with Gasteiger partial charge in [-0.1, -0.05) is 0 Å². The van der Waals surface area contributed by atoms with Crippen LogP contribution in [0.25, 0.3) is 0 Å². The van der Waals surface area contributed by atoms with Crippen LogP contribution in [0.15, 0.2) is 38.3 Å². The topological polar surface area (TPSA) is 111 Å². The lowest BCUT2D eigenvalue weighted by molar-refractivity contribution is -0.123. The molecule has 0 fully saturated rings. The van der Waals surface area contributed by atoms with Crippen molar-refractivity contribution in [2.75, 3.05) is 6.61 Å². The number of carbonyl (C=O) groups is 1. The second-order valence-electron chi connectivity index (χ2n) is 5.01. The van der Waals surface area contributed by atoms with Gasteiger partial charge in [-0.3, -0.25) is 4.79 Å². The van der Waals surface area contributed by atoms with Crippen molar-refractivity contribution in [2.24, 2.45) is 5.10 Å². The van der Waals surface area contributed by atoms with Crippen molar-refractivity contribution in [1.29, 1.82) is 0 Å². The number of hydrogen-bond donors (Lipinski definition) is 4. The number of carbonyl (C=O) groups excluding carboxylic acids is 1. The first-order valence-corrected chi connectivity index (χ1v) is 8.52. The van der Waals surface area contributed by atoms with Crippen LogP contribution >= 0.6 is 31.9 Å². The Balaban J connectivity index is 1.95. The summed E-state index contributed by atoms with van der Waals surface area (Å²) in [5.74, 6) is -1.68. The summed E-state index contributed by atoms with van der Waals surface area (Å²) in [6.07, 6.45) is 1.13. The van der Waals surface area contributed by atoms with E-state index in [1.54, 1.807) is 0 Å². The summed E-state index contributed by atoms with van der Waals surface area (Å²) in [7, 11) is 0. The van der Waals surface area contributed by atoms with Crippen LogP contribution in [-0.2, 0) is 4.79 Å². The van der Waals surface area contributed by atoms with Crippen molar-refractivity contribution in [3.05, 3.63) is 44.3 Å². The Labute approximate surface area is 160 Å². The van der Waals surface area contributed by atoms with Gasteiger partial charge < -0.3 is 20.1 Å². The van der Waals surface area contributed by atoms with Gasteiger partial charge >= 0.3 is 0 Å². The van der Waals surface area contributed by atoms with Crippen molar-refractivity contribution in [3.8, 4) is 23.0 Å². The molecule has 0 aliphatic carbocycles. The Hall–Kier alpha value is -2.26. The van der Waals surface area contributed by atoms with Crippen LogP contribution in [-0.4, -0.2) is 34.0 Å². The van der Waals surface area contributed by atoms with E-state index in [9.17, 15) is 20.1 Å². The first-order valence-electron chi connectivity index (χ1n) is 6.94. The molecular weight excluding hydrogens is 460 g/mol. The fourth-order valence-corrected chi connectivity index (χ4v) is 3.50. The number of benzene rings is 2. The van der Waals surface area contributed by atoms with E-state index in [1.165, 1.54) is 12.1 Å². The van der Waals surface area contributed by atoms with Crippen molar-refractivity contribution in [3.63, 3.8) is 0 Å². The molecule has 0 saturated carbocycles. The molecule has 132 valence electrons. The summed E-state index contributed by atoms with van der Waals surface area (Å²) in [6, 6.07) is 6.23. The highest BCUT2D eigenvalue weighted by molar-refractivity contribution is 9.11. The molecule has 0 saturated heterocycles. The number of halogens is 2. The molecule has 0 aliphatic heterocycles. The molecule has 0 atom stereocenters. The average molecular weight is 474 g/mol. The monoisotopic (exact) mass is 472 g/mol. The quantitative estimate of drug-likeness (QED) is 0.303. The molecule has 2 aromatic carbocycles. The number of nitrogens with one attached hydrogen (secondary N) is 1. The number of rotatable bonds is 5. The highest BCUT2D eigenvalue weighted by Gasteiger charge is 2.11. The molecule has 7 nitrogen and oxygen atoms in total. The third-order valence-corrected chi connectivity index (χ3v) is 4.22. The molecule has 0 aliphatic rings. The van der Waals surface area contributed by atoms with E-state index in [0.717, 1.165) is 11.8 Å². The molecule has 2 aromatic rings. The molecule has 0 bridgehead atoms. The third-order valence-electron chi connectivity index (χ3n) is 3.04. The fourth-order valence-electron chi connectivity index (χ4n) is 1.86. The highest BCUT2D eigenvalue weighted by Crippen LogP contribution is 2.36. The van der Waals surface area contributed by atoms with Gasteiger partial charge in [-0.15, -0.1) is 0 Å². The van der Waals surface area contributed by atoms with Crippen LogP contribution in [0.3, 0.4) is 0 Å². The van der Waals surface area contributed by atoms with Gasteiger partial charge in [0.15, 0.2) is 18.1 Å². The zero-order chi connectivity index (χ0) is 18.6. The number of phenolic OH excluding ortho intramolecular Hbond substituents is 3. The standard InChI is InChI=1S/C16H14Br2N2O5/c1-8-4-10(17)16(11(18)5-8)25-7-13(22)20-19-6-9-2-3-12(21)15(24)14(9)23/h2-6,21,23-24H,7H2,1H3,(H,20,22)/b19-6+. The van der Waals surface area contributed by atoms with E-state index < -0.39 is 23.2 Å². The minimum atomic E-state index is -0.660. The molecule has 0 radical (unpaired) electrons. The molecule has 25 heavy (non-hydrogen) atoms. The van der Waals surface area contributed by atoms with Gasteiger partial charge in [-0.2, -0.15) is 5.10 Å². The normalized spacial score (nSPS) is 10.8. The number of ether oxygens (including phenoxy) is 1. The maximum Gasteiger partial charge on any atom is 0.277 e. The molecule has 0 unspecified atom stereocenters. The van der Waals surface area contributed by atoms with Gasteiger partial charge in [0.25, 0.3) is 5.91 Å². The lowest BCUT2D eigenvalue weighted by Gasteiger charge is -2.10. The van der Waals surface area contributed by atoms with Gasteiger partial charge in [0, 0.05) is 5.56 Å². The maximum atomic E-state index is 11.8. The molecule has 2 rings (SSSR count). The van der Waals surface area contributed by atoms with Crippen LogP contribution < -0.4 is 10.2 Å². The van der Waals surface area contributed by atoms with Crippen molar-refractivity contribution in [2.45, 2.75) is 6.92 Å². The molecule has 4 N–H and O–H groups in total. The van der Waals surface area contributed by atoms with E-state index >= 15 is 0 Å². The Morgan fingerprint density at radius 1 is 1.20 bits per heavy atom. The molecule has 9 heteroatoms. The van der Waals surface area contributed by atoms with Crippen LogP contribution in [0.4, 0.5) is 0 Å². The number of nitrogens with zero attached hydrogens (tertiary/aromatic N) is 1. The molecule has 0 spiro atoms. The SMILES string of the molecule is Cc1cc(Br)c(OCC(=O)N/N=C/c2ccc(O)c(O)c2O)c(Br)c1. The van der Waals surface area contributed by atoms with Gasteiger partial charge in [-0.25, -0.2) is 5.43 Å². The van der Waals surface area contributed by atoms with E-state index in [0.29, 0.717) is 14.7 Å². The summed E-state index contributed by atoms with van der Waals surface area (Å²) in [6.45, 7) is 1.65. The van der Waals surface area contributed by atoms with Crippen LogP contribution in [0.5, 0.6) is 23.0 Å². The van der Waals surface area contributed by atoms with E-state index in [4.69, 9.17) is 4.74 Å². The second-order valence-corrected chi connectivity index (χ2v) is 6.72. The van der Waals surface area contributed by atoms with E-state index in [2.05, 4.69) is 42.4 Å². The summed E-state index contributed by atoms with van der Waals surface area (Å²) < 4.78 is 6.86. The van der Waals surface area contributed by atoms with Crippen LogP contribution in [0.1, 0.15) is 11.1 Å². The van der Waals surface area contributed by atoms with E-state index in [-0.39, 0.29) is 12.2 Å². The second kappa shape index (κ2) is 8.21. The van der Waals surface area contributed by atoms with Crippen LogP contribution in [0.2, 0.25) is 0 Å². The van der Waals surface area contributed by atoms with Crippen molar-refractivity contribution in [1.82, 2.24) is 5.43 Å². The summed E-state index contributed by atoms with van der Waals surface area (Å²) >= 11 is 6.73. The largest absolute Gasteiger partial charge is 0.504 e. The lowest BCUT2D eigenvalue weighted by Crippen LogP contribution is -2.24. The molecule has 0 heterocycles. The van der Waals surface area contributed by atoms with Gasteiger partial charge in [0.2, 0.25) is 5.75 Å². The Morgan fingerprint density at radius 3 is 2.48 bits per heavy atom. The van der Waals surface area contributed by atoms with E-state index in [1.807, 2.05) is 19.1 Å². The highest BCUT2D eigenvalue weighted by atomic mass is 79.9. The maximum absolute atomic E-state index is 11.8. The Kier molecular flexibility index (Phi) is 6.27. The minimum Gasteiger partial charge on any atom is -0.504 e. The zero-order valence-corrected chi connectivity index (χ0v) is 16.1. The average Bonchev–Trinajstić information content (AvgIpc) is 2.54. The number of aryl methyl sites for hydroxylation is 1. The number of hydrogen-bond acceptors (Lipinski definition) is 6. The van der Waals surface area contributed by atoms with Crippen molar-refractivity contribution < 1.29 is 24.9 Å². The predicted octanol–water partition coefficient (Wildman–Crippen LogP) is 3.17. The Bertz CT molecular complexity index is 817. The predicted molar refractivity (Wildman–Crippen MR) is 99.2 cm³/mol. The van der Waals surface area contributed by atoms with Crippen molar-refractivity contribution >= 4 is 44.0 Å². The summed E-state index contributed by atoms with van der Waals surface area (Å²) in [4.78, 5) is 11.8. The first kappa shape index (κ1) is 19.1. The molecular formula is C16H14Br2N2O5. The number of phenols is 3. The molecule has 0 aromatic heterocycles. The summed E-state index contributed by atoms with van der Waals surface area (Å²) in [5, 5.41) is 31.9. The number of amides is 1. The third kappa shape index (κ3) is 4.86. The van der Waals surface area contributed by atoms with Gasteiger partial charge in [-0.05, 0) is 68.6 Å². The smallest absolute Gasteiger partial charge is 0.277 e.